The molecule has 7 nitrogen and oxygen atoms in total. The van der Waals surface area contributed by atoms with Crippen molar-refractivity contribution in [3.8, 4) is 0 Å². The summed E-state index contributed by atoms with van der Waals surface area (Å²) in [6.45, 7) is 3.07. The molecule has 1 atom stereocenters. The molecule has 0 saturated heterocycles. The number of ether oxygens (including phenoxy) is 1. The molecule has 1 aromatic carbocycles. The molecule has 0 aliphatic rings. The summed E-state index contributed by atoms with van der Waals surface area (Å²) in [7, 11) is -4.02. The van der Waals surface area contributed by atoms with E-state index >= 15 is 0 Å². The quantitative estimate of drug-likeness (QED) is 0.722. The molecule has 21 heavy (non-hydrogen) atoms. The summed E-state index contributed by atoms with van der Waals surface area (Å²) in [4.78, 5) is 22.1. The van der Waals surface area contributed by atoms with E-state index in [0.717, 1.165) is 0 Å². The van der Waals surface area contributed by atoms with Crippen LogP contribution in [0, 0.1) is 0 Å². The minimum atomic E-state index is -4.02. The van der Waals surface area contributed by atoms with Gasteiger partial charge in [0.15, 0.2) is 0 Å². The number of nitrogens with one attached hydrogen (secondary N) is 1. The summed E-state index contributed by atoms with van der Waals surface area (Å²) in [5, 5.41) is 8.74. The SMILES string of the molecule is CCOC(=O)c1ccc(S(=O)(=O)N[C@H](C)C(=O)O)c(Br)c1. The van der Waals surface area contributed by atoms with Gasteiger partial charge in [0, 0.05) is 4.47 Å². The molecule has 0 bridgehead atoms. The number of hydrogen-bond donors (Lipinski definition) is 2. The molecule has 0 aliphatic heterocycles. The molecule has 0 unspecified atom stereocenters. The average molecular weight is 380 g/mol. The molecule has 1 rings (SSSR count). The minimum Gasteiger partial charge on any atom is -0.480 e. The van der Waals surface area contributed by atoms with Crippen LogP contribution in [-0.2, 0) is 19.6 Å². The Morgan fingerprint density at radius 1 is 1.43 bits per heavy atom. The standard InChI is InChI=1S/C12H14BrNO6S/c1-3-20-12(17)8-4-5-10(9(13)6-8)21(18,19)14-7(2)11(15)16/h4-7,14H,3H2,1-2H3,(H,15,16)/t7-/m1/s1. The molecule has 1 aromatic rings. The third kappa shape index (κ3) is 4.51. The number of halogens is 1. The number of rotatable bonds is 6. The maximum atomic E-state index is 12.1. The first kappa shape index (κ1) is 17.6. The molecule has 0 saturated carbocycles. The van der Waals surface area contributed by atoms with Crippen molar-refractivity contribution in [2.45, 2.75) is 24.8 Å². The zero-order chi connectivity index (χ0) is 16.2. The van der Waals surface area contributed by atoms with Crippen LogP contribution < -0.4 is 4.72 Å². The van der Waals surface area contributed by atoms with E-state index < -0.39 is 28.0 Å². The fraction of sp³-hybridized carbons (Fsp3) is 0.333. The van der Waals surface area contributed by atoms with E-state index in [2.05, 4.69) is 15.9 Å². The normalized spacial score (nSPS) is 12.7. The highest BCUT2D eigenvalue weighted by Crippen LogP contribution is 2.23. The van der Waals surface area contributed by atoms with Crippen molar-refractivity contribution in [2.24, 2.45) is 0 Å². The molecular weight excluding hydrogens is 366 g/mol. The fourth-order valence-electron chi connectivity index (χ4n) is 1.41. The number of carboxylic acids is 1. The number of carboxylic acid groups (broad SMARTS) is 1. The average Bonchev–Trinajstić information content (AvgIpc) is 2.37. The molecular formula is C12H14BrNO6S. The van der Waals surface area contributed by atoms with Crippen molar-refractivity contribution in [3.63, 3.8) is 0 Å². The van der Waals surface area contributed by atoms with Gasteiger partial charge >= 0.3 is 11.9 Å². The summed E-state index contributed by atoms with van der Waals surface area (Å²) in [6, 6.07) is 2.53. The van der Waals surface area contributed by atoms with Crippen LogP contribution in [0.3, 0.4) is 0 Å². The van der Waals surface area contributed by atoms with Gasteiger partial charge in [-0.05, 0) is 48.0 Å². The van der Waals surface area contributed by atoms with Gasteiger partial charge in [0.25, 0.3) is 0 Å². The molecule has 0 spiro atoms. The van der Waals surface area contributed by atoms with Crippen LogP contribution >= 0.6 is 15.9 Å². The van der Waals surface area contributed by atoms with Gasteiger partial charge in [-0.3, -0.25) is 4.79 Å². The minimum absolute atomic E-state index is 0.137. The molecule has 2 N–H and O–H groups in total. The summed E-state index contributed by atoms with van der Waals surface area (Å²) >= 11 is 3.05. The molecule has 9 heteroatoms. The lowest BCUT2D eigenvalue weighted by Gasteiger charge is -2.12. The number of benzene rings is 1. The Bertz CT molecular complexity index is 658. The monoisotopic (exact) mass is 379 g/mol. The van der Waals surface area contributed by atoms with E-state index in [9.17, 15) is 18.0 Å². The highest BCUT2D eigenvalue weighted by Gasteiger charge is 2.24. The van der Waals surface area contributed by atoms with Gasteiger partial charge in [-0.1, -0.05) is 0 Å². The lowest BCUT2D eigenvalue weighted by Crippen LogP contribution is -2.38. The molecule has 0 radical (unpaired) electrons. The number of carbonyl (C=O) groups is 2. The predicted molar refractivity (Wildman–Crippen MR) is 77.5 cm³/mol. The van der Waals surface area contributed by atoms with Gasteiger partial charge in [-0.2, -0.15) is 4.72 Å². The number of sulfonamides is 1. The van der Waals surface area contributed by atoms with Crippen LogP contribution in [0.4, 0.5) is 0 Å². The van der Waals surface area contributed by atoms with Crippen molar-refractivity contribution in [1.82, 2.24) is 4.72 Å². The zero-order valence-electron chi connectivity index (χ0n) is 11.3. The largest absolute Gasteiger partial charge is 0.480 e. The van der Waals surface area contributed by atoms with Gasteiger partial charge in [-0.25, -0.2) is 13.2 Å². The summed E-state index contributed by atoms with van der Waals surface area (Å²) < 4.78 is 31.1. The first-order valence-electron chi connectivity index (χ1n) is 5.91. The maximum absolute atomic E-state index is 12.1. The Morgan fingerprint density at radius 3 is 2.52 bits per heavy atom. The highest BCUT2D eigenvalue weighted by atomic mass is 79.9. The molecule has 0 aromatic heterocycles. The van der Waals surface area contributed by atoms with Crippen LogP contribution in [0.5, 0.6) is 0 Å². The van der Waals surface area contributed by atoms with Crippen LogP contribution in [0.2, 0.25) is 0 Å². The number of aliphatic carboxylic acids is 1. The predicted octanol–water partition coefficient (Wildman–Crippen LogP) is 1.38. The zero-order valence-corrected chi connectivity index (χ0v) is 13.7. The summed E-state index contributed by atoms with van der Waals surface area (Å²) in [5.74, 6) is -1.87. The van der Waals surface area contributed by atoms with Gasteiger partial charge in [0.05, 0.1) is 17.1 Å². The third-order valence-electron chi connectivity index (χ3n) is 2.43. The van der Waals surface area contributed by atoms with E-state index in [4.69, 9.17) is 9.84 Å². The Balaban J connectivity index is 3.09. The van der Waals surface area contributed by atoms with E-state index in [1.807, 2.05) is 4.72 Å². The van der Waals surface area contributed by atoms with Crippen LogP contribution in [0.25, 0.3) is 0 Å². The smallest absolute Gasteiger partial charge is 0.338 e. The Kier molecular flexibility index (Phi) is 5.87. The van der Waals surface area contributed by atoms with E-state index in [-0.39, 0.29) is 21.5 Å². The van der Waals surface area contributed by atoms with Crippen LogP contribution in [0.15, 0.2) is 27.6 Å². The maximum Gasteiger partial charge on any atom is 0.338 e. The van der Waals surface area contributed by atoms with Gasteiger partial charge in [-0.15, -0.1) is 0 Å². The molecule has 116 valence electrons. The molecule has 0 heterocycles. The van der Waals surface area contributed by atoms with Crippen molar-refractivity contribution in [1.29, 1.82) is 0 Å². The number of carbonyl (C=O) groups excluding carboxylic acids is 1. The number of esters is 1. The van der Waals surface area contributed by atoms with Crippen LogP contribution in [0.1, 0.15) is 24.2 Å². The first-order chi connectivity index (χ1) is 9.69. The Morgan fingerprint density at radius 2 is 2.05 bits per heavy atom. The van der Waals surface area contributed by atoms with Gasteiger partial charge in [0.2, 0.25) is 10.0 Å². The van der Waals surface area contributed by atoms with Crippen molar-refractivity contribution in [3.05, 3.63) is 28.2 Å². The van der Waals surface area contributed by atoms with Crippen molar-refractivity contribution >= 4 is 37.9 Å². The third-order valence-corrected chi connectivity index (χ3v) is 4.95. The summed E-state index contributed by atoms with van der Waals surface area (Å²) in [5.41, 5.74) is 0.189. The van der Waals surface area contributed by atoms with Gasteiger partial charge < -0.3 is 9.84 Å². The molecule has 0 amide bonds. The highest BCUT2D eigenvalue weighted by molar-refractivity contribution is 9.10. The topological polar surface area (TPSA) is 110 Å². The second-order valence-corrected chi connectivity index (χ2v) is 6.58. The lowest BCUT2D eigenvalue weighted by molar-refractivity contribution is -0.138. The summed E-state index contributed by atoms with van der Waals surface area (Å²) in [6.07, 6.45) is 0. The molecule has 0 fully saturated rings. The van der Waals surface area contributed by atoms with E-state index in [1.54, 1.807) is 6.92 Å². The van der Waals surface area contributed by atoms with Crippen LogP contribution in [-0.4, -0.2) is 38.1 Å². The van der Waals surface area contributed by atoms with Crippen molar-refractivity contribution in [2.75, 3.05) is 6.61 Å². The second-order valence-electron chi connectivity index (χ2n) is 4.05. The van der Waals surface area contributed by atoms with Crippen molar-refractivity contribution < 1.29 is 27.9 Å². The lowest BCUT2D eigenvalue weighted by atomic mass is 10.2. The number of hydrogen-bond acceptors (Lipinski definition) is 5. The van der Waals surface area contributed by atoms with E-state index in [1.165, 1.54) is 25.1 Å². The fourth-order valence-corrected chi connectivity index (χ4v) is 3.68. The van der Waals surface area contributed by atoms with E-state index in [0.29, 0.717) is 0 Å². The Labute approximate surface area is 130 Å². The van der Waals surface area contributed by atoms with Gasteiger partial charge in [0.1, 0.15) is 6.04 Å². The molecule has 0 aliphatic carbocycles. The first-order valence-corrected chi connectivity index (χ1v) is 8.18. The second kappa shape index (κ2) is 7.01. The Hall–Kier alpha value is -1.45.